The maximum absolute atomic E-state index is 11.4. The first kappa shape index (κ1) is 10.5. The van der Waals surface area contributed by atoms with Crippen LogP contribution in [0.4, 0.5) is 0 Å². The number of hydrogen-bond donors (Lipinski definition) is 0. The Morgan fingerprint density at radius 2 is 2.13 bits per heavy atom. The van der Waals surface area contributed by atoms with E-state index in [1.165, 1.54) is 6.92 Å². The van der Waals surface area contributed by atoms with Gasteiger partial charge in [0.25, 0.3) is 0 Å². The number of carbonyl (C=O) groups excluding carboxylic acids is 1. The minimum absolute atomic E-state index is 0.00792. The molecular weight excluding hydrogens is 212 g/mol. The second kappa shape index (κ2) is 3.24. The summed E-state index contributed by atoms with van der Waals surface area (Å²) in [5.41, 5.74) is 1.37. The highest BCUT2D eigenvalue weighted by atomic mass is 35.5. The molecule has 0 spiro atoms. The summed E-state index contributed by atoms with van der Waals surface area (Å²) in [6, 6.07) is 3.54. The zero-order valence-corrected chi connectivity index (χ0v) is 9.81. The minimum atomic E-state index is -0.239. The number of ether oxygens (including phenoxy) is 1. The molecule has 0 aromatic heterocycles. The standard InChI is InChI=1S/C12H13ClO2/c1-7(14)10-5-9(13)4-8-6-12(2,3)15-11(8)10/h4-5H,6H2,1-3H3. The molecule has 3 heteroatoms. The number of hydrogen-bond acceptors (Lipinski definition) is 2. The fourth-order valence-electron chi connectivity index (χ4n) is 1.93. The van der Waals surface area contributed by atoms with Gasteiger partial charge in [-0.05, 0) is 32.9 Å². The van der Waals surface area contributed by atoms with Gasteiger partial charge in [-0.25, -0.2) is 0 Å². The van der Waals surface area contributed by atoms with Crippen molar-refractivity contribution < 1.29 is 9.53 Å². The summed E-state index contributed by atoms with van der Waals surface area (Å²) in [6.07, 6.45) is 0.795. The largest absolute Gasteiger partial charge is 0.486 e. The molecule has 2 nitrogen and oxygen atoms in total. The van der Waals surface area contributed by atoms with Crippen molar-refractivity contribution in [2.75, 3.05) is 0 Å². The number of halogens is 1. The third-order valence-corrected chi connectivity index (χ3v) is 2.72. The Bertz CT molecular complexity index is 435. The third-order valence-electron chi connectivity index (χ3n) is 2.50. The second-order valence-corrected chi connectivity index (χ2v) is 4.97. The molecular formula is C12H13ClO2. The van der Waals surface area contributed by atoms with Gasteiger partial charge in [0, 0.05) is 17.0 Å². The Hall–Kier alpha value is -1.02. The van der Waals surface area contributed by atoms with Crippen molar-refractivity contribution in [3.8, 4) is 5.75 Å². The van der Waals surface area contributed by atoms with E-state index in [1.807, 2.05) is 19.9 Å². The van der Waals surface area contributed by atoms with E-state index < -0.39 is 0 Å². The van der Waals surface area contributed by atoms with Crippen molar-refractivity contribution in [1.29, 1.82) is 0 Å². The van der Waals surface area contributed by atoms with Gasteiger partial charge in [0.05, 0.1) is 5.56 Å². The molecule has 15 heavy (non-hydrogen) atoms. The zero-order valence-electron chi connectivity index (χ0n) is 9.06. The molecule has 0 N–H and O–H groups in total. The van der Waals surface area contributed by atoms with Gasteiger partial charge in [-0.1, -0.05) is 11.6 Å². The molecule has 1 heterocycles. The quantitative estimate of drug-likeness (QED) is 0.685. The van der Waals surface area contributed by atoms with Crippen LogP contribution in [0.15, 0.2) is 12.1 Å². The molecule has 1 aliphatic rings. The Labute approximate surface area is 94.2 Å². The molecule has 2 rings (SSSR count). The number of rotatable bonds is 1. The van der Waals surface area contributed by atoms with Crippen molar-refractivity contribution in [2.24, 2.45) is 0 Å². The van der Waals surface area contributed by atoms with E-state index >= 15 is 0 Å². The summed E-state index contributed by atoms with van der Waals surface area (Å²) >= 11 is 5.96. The minimum Gasteiger partial charge on any atom is -0.486 e. The number of benzene rings is 1. The lowest BCUT2D eigenvalue weighted by Crippen LogP contribution is -2.25. The van der Waals surface area contributed by atoms with Crippen LogP contribution in [-0.4, -0.2) is 11.4 Å². The van der Waals surface area contributed by atoms with Crippen molar-refractivity contribution in [3.05, 3.63) is 28.3 Å². The molecule has 0 saturated heterocycles. The van der Waals surface area contributed by atoms with E-state index in [-0.39, 0.29) is 11.4 Å². The van der Waals surface area contributed by atoms with Crippen LogP contribution in [0.1, 0.15) is 36.7 Å². The maximum Gasteiger partial charge on any atom is 0.163 e. The van der Waals surface area contributed by atoms with Gasteiger partial charge in [-0.15, -0.1) is 0 Å². The van der Waals surface area contributed by atoms with Gasteiger partial charge >= 0.3 is 0 Å². The SMILES string of the molecule is CC(=O)c1cc(Cl)cc2c1OC(C)(C)C2. The van der Waals surface area contributed by atoms with E-state index in [0.29, 0.717) is 16.3 Å². The lowest BCUT2D eigenvalue weighted by atomic mass is 10.00. The third kappa shape index (κ3) is 1.86. The van der Waals surface area contributed by atoms with Gasteiger partial charge in [-0.2, -0.15) is 0 Å². The van der Waals surface area contributed by atoms with E-state index in [9.17, 15) is 4.79 Å². The van der Waals surface area contributed by atoms with Gasteiger partial charge in [0.2, 0.25) is 0 Å². The van der Waals surface area contributed by atoms with Crippen molar-refractivity contribution >= 4 is 17.4 Å². The Kier molecular flexibility index (Phi) is 2.27. The number of carbonyl (C=O) groups is 1. The van der Waals surface area contributed by atoms with Crippen LogP contribution >= 0.6 is 11.6 Å². The summed E-state index contributed by atoms with van der Waals surface area (Å²) in [6.45, 7) is 5.54. The normalized spacial score (nSPS) is 17.1. The van der Waals surface area contributed by atoms with Crippen LogP contribution in [0.2, 0.25) is 5.02 Å². The highest BCUT2D eigenvalue weighted by Crippen LogP contribution is 2.39. The van der Waals surface area contributed by atoms with Crippen LogP contribution < -0.4 is 4.74 Å². The summed E-state index contributed by atoms with van der Waals surface area (Å²) in [5, 5.41) is 0.597. The average Bonchev–Trinajstić information content (AvgIpc) is 2.36. The lowest BCUT2D eigenvalue weighted by molar-refractivity contribution is 0.0998. The Balaban J connectivity index is 2.58. The van der Waals surface area contributed by atoms with Crippen LogP contribution in [0, 0.1) is 0 Å². The second-order valence-electron chi connectivity index (χ2n) is 4.54. The lowest BCUT2D eigenvalue weighted by Gasteiger charge is -2.17. The maximum atomic E-state index is 11.4. The van der Waals surface area contributed by atoms with E-state index in [4.69, 9.17) is 16.3 Å². The zero-order chi connectivity index (χ0) is 11.2. The Morgan fingerprint density at radius 3 is 2.73 bits per heavy atom. The molecule has 0 bridgehead atoms. The highest BCUT2D eigenvalue weighted by Gasteiger charge is 2.32. The number of Topliss-reactive ketones (excluding diaryl/α,β-unsaturated/α-hetero) is 1. The highest BCUT2D eigenvalue weighted by molar-refractivity contribution is 6.31. The predicted molar refractivity (Wildman–Crippen MR) is 59.9 cm³/mol. The molecule has 0 aliphatic carbocycles. The predicted octanol–water partition coefficient (Wildman–Crippen LogP) is 3.26. The van der Waals surface area contributed by atoms with Crippen molar-refractivity contribution in [3.63, 3.8) is 0 Å². The molecule has 0 radical (unpaired) electrons. The molecule has 0 saturated carbocycles. The van der Waals surface area contributed by atoms with Gasteiger partial charge in [0.1, 0.15) is 11.4 Å². The molecule has 80 valence electrons. The van der Waals surface area contributed by atoms with Gasteiger partial charge < -0.3 is 4.74 Å². The average molecular weight is 225 g/mol. The van der Waals surface area contributed by atoms with Crippen LogP contribution in [-0.2, 0) is 6.42 Å². The first-order valence-corrected chi connectivity index (χ1v) is 5.29. The summed E-state index contributed by atoms with van der Waals surface area (Å²) in [4.78, 5) is 11.4. The van der Waals surface area contributed by atoms with Crippen molar-refractivity contribution in [1.82, 2.24) is 0 Å². The number of ketones is 1. The summed E-state index contributed by atoms with van der Waals surface area (Å²) in [7, 11) is 0. The fraction of sp³-hybridized carbons (Fsp3) is 0.417. The van der Waals surface area contributed by atoms with E-state index in [0.717, 1.165) is 12.0 Å². The molecule has 0 atom stereocenters. The van der Waals surface area contributed by atoms with E-state index in [1.54, 1.807) is 6.07 Å². The molecule has 1 aliphatic heterocycles. The summed E-state index contributed by atoms with van der Waals surface area (Å²) < 4.78 is 5.76. The van der Waals surface area contributed by atoms with Crippen LogP contribution in [0.25, 0.3) is 0 Å². The Morgan fingerprint density at radius 1 is 1.47 bits per heavy atom. The first-order valence-electron chi connectivity index (χ1n) is 4.91. The molecule has 0 unspecified atom stereocenters. The van der Waals surface area contributed by atoms with Gasteiger partial charge in [0.15, 0.2) is 5.78 Å². The van der Waals surface area contributed by atoms with E-state index in [2.05, 4.69) is 0 Å². The first-order chi connectivity index (χ1) is 6.89. The molecule has 1 aromatic rings. The summed E-state index contributed by atoms with van der Waals surface area (Å²) in [5.74, 6) is 0.698. The smallest absolute Gasteiger partial charge is 0.163 e. The van der Waals surface area contributed by atoms with Crippen LogP contribution in [0.5, 0.6) is 5.75 Å². The van der Waals surface area contributed by atoms with Crippen LogP contribution in [0.3, 0.4) is 0 Å². The molecule has 0 amide bonds. The fourth-order valence-corrected chi connectivity index (χ4v) is 2.18. The monoisotopic (exact) mass is 224 g/mol. The van der Waals surface area contributed by atoms with Crippen molar-refractivity contribution in [2.45, 2.75) is 32.8 Å². The number of fused-ring (bicyclic) bond motifs is 1. The molecule has 0 fully saturated rings. The topological polar surface area (TPSA) is 26.3 Å². The molecule has 1 aromatic carbocycles. The van der Waals surface area contributed by atoms with Gasteiger partial charge in [-0.3, -0.25) is 4.79 Å².